The number of hydrogen-bond acceptors (Lipinski definition) is 6. The Bertz CT molecular complexity index is 1200. The predicted octanol–water partition coefficient (Wildman–Crippen LogP) is 8.30. The number of nitrogens with zero attached hydrogens (tertiary/aromatic N) is 2. The molecule has 30 heavy (non-hydrogen) atoms. The Morgan fingerprint density at radius 1 is 0.633 bits per heavy atom. The average molecular weight is 469 g/mol. The molecule has 0 fully saturated rings. The second kappa shape index (κ2) is 6.00. The van der Waals surface area contributed by atoms with Gasteiger partial charge in [0.15, 0.2) is 0 Å². The van der Waals surface area contributed by atoms with E-state index in [0.29, 0.717) is 0 Å². The summed E-state index contributed by atoms with van der Waals surface area (Å²) < 4.78 is 0. The van der Waals surface area contributed by atoms with Gasteiger partial charge in [-0.3, -0.25) is 0 Å². The van der Waals surface area contributed by atoms with Gasteiger partial charge in [0.05, 0.1) is 42.0 Å². The molecule has 4 aromatic rings. The fraction of sp³-hybridized carbons (Fsp3) is 0.333. The summed E-state index contributed by atoms with van der Waals surface area (Å²) in [7, 11) is 4.46. The van der Waals surface area contributed by atoms with E-state index in [1.54, 1.807) is 0 Å². The molecule has 0 aromatic carbocycles. The molecule has 0 unspecified atom stereocenters. The lowest BCUT2D eigenvalue weighted by Crippen LogP contribution is -2.40. The molecule has 0 atom stereocenters. The molecular formula is C24H24N2S4. The van der Waals surface area contributed by atoms with Gasteiger partial charge in [0.25, 0.3) is 0 Å². The summed E-state index contributed by atoms with van der Waals surface area (Å²) in [6, 6.07) is 9.46. The molecular weight excluding hydrogens is 445 g/mol. The van der Waals surface area contributed by atoms with Crippen LogP contribution in [0.1, 0.15) is 38.8 Å². The first-order valence-corrected chi connectivity index (χ1v) is 13.5. The van der Waals surface area contributed by atoms with Crippen LogP contribution in [-0.2, 0) is 11.1 Å². The molecule has 2 nitrogen and oxygen atoms in total. The van der Waals surface area contributed by atoms with Crippen LogP contribution in [0.15, 0.2) is 35.0 Å². The van der Waals surface area contributed by atoms with Crippen molar-refractivity contribution in [1.82, 2.24) is 0 Å². The summed E-state index contributed by atoms with van der Waals surface area (Å²) in [5, 5.41) is 4.46. The van der Waals surface area contributed by atoms with Crippen LogP contribution in [0.2, 0.25) is 0 Å². The minimum Gasteiger partial charge on any atom is -0.364 e. The predicted molar refractivity (Wildman–Crippen MR) is 137 cm³/mol. The van der Waals surface area contributed by atoms with Crippen LogP contribution in [0.25, 0.3) is 29.3 Å². The zero-order chi connectivity index (χ0) is 21.0. The van der Waals surface area contributed by atoms with E-state index in [-0.39, 0.29) is 11.1 Å². The minimum absolute atomic E-state index is 0.00452. The smallest absolute Gasteiger partial charge is 0.0680 e. The fourth-order valence-corrected chi connectivity index (χ4v) is 9.59. The number of rotatable bonds is 1. The molecule has 0 bridgehead atoms. The van der Waals surface area contributed by atoms with Gasteiger partial charge in [-0.1, -0.05) is 0 Å². The number of fused-ring (bicyclic) bond motifs is 6. The van der Waals surface area contributed by atoms with E-state index in [4.69, 9.17) is 0 Å². The molecule has 4 aromatic heterocycles. The van der Waals surface area contributed by atoms with Crippen molar-refractivity contribution in [2.24, 2.45) is 0 Å². The number of anilines is 2. The molecule has 2 aliphatic rings. The van der Waals surface area contributed by atoms with E-state index < -0.39 is 0 Å². The Balaban J connectivity index is 1.55. The van der Waals surface area contributed by atoms with Crippen molar-refractivity contribution in [3.63, 3.8) is 0 Å². The molecule has 6 heteroatoms. The quantitative estimate of drug-likeness (QED) is 0.277. The van der Waals surface area contributed by atoms with Gasteiger partial charge in [0, 0.05) is 23.8 Å². The lowest BCUT2D eigenvalue weighted by atomic mass is 9.87. The number of thiophene rings is 4. The third-order valence-corrected chi connectivity index (χ3v) is 11.7. The Morgan fingerprint density at radius 3 is 1.43 bits per heavy atom. The Labute approximate surface area is 194 Å². The van der Waals surface area contributed by atoms with Gasteiger partial charge in [-0.05, 0) is 73.8 Å². The van der Waals surface area contributed by atoms with Gasteiger partial charge in [0.1, 0.15) is 0 Å². The van der Waals surface area contributed by atoms with E-state index >= 15 is 0 Å². The largest absolute Gasteiger partial charge is 0.364 e. The standard InChI is InChI=1S/C24H24N2S4/c1-23(2)13-11-17(29-19(13)21-15(25(23)5)7-9-27-21)18-12-14-20(30-18)22-16(8-10-28-22)26(6)24(14,3)4/h7-12H,1-6H3. The highest BCUT2D eigenvalue weighted by Crippen LogP contribution is 2.58. The van der Waals surface area contributed by atoms with Gasteiger partial charge >= 0.3 is 0 Å². The van der Waals surface area contributed by atoms with Crippen molar-refractivity contribution < 1.29 is 0 Å². The number of hydrogen-bond donors (Lipinski definition) is 0. The molecule has 154 valence electrons. The lowest BCUT2D eigenvalue weighted by molar-refractivity contribution is 0.513. The highest BCUT2D eigenvalue weighted by atomic mass is 32.1. The van der Waals surface area contributed by atoms with Crippen molar-refractivity contribution >= 4 is 56.7 Å². The molecule has 2 aliphatic heterocycles. The molecule has 6 rings (SSSR count). The molecule has 0 saturated carbocycles. The third-order valence-electron chi connectivity index (χ3n) is 7.13. The van der Waals surface area contributed by atoms with Crippen LogP contribution in [0, 0.1) is 0 Å². The van der Waals surface area contributed by atoms with Crippen molar-refractivity contribution in [3.05, 3.63) is 46.2 Å². The van der Waals surface area contributed by atoms with Crippen molar-refractivity contribution in [1.29, 1.82) is 0 Å². The zero-order valence-corrected chi connectivity index (χ0v) is 21.3. The van der Waals surface area contributed by atoms with Crippen molar-refractivity contribution in [2.75, 3.05) is 23.9 Å². The zero-order valence-electron chi connectivity index (χ0n) is 18.0. The van der Waals surface area contributed by atoms with E-state index in [1.165, 1.54) is 51.8 Å². The van der Waals surface area contributed by atoms with Crippen molar-refractivity contribution in [2.45, 2.75) is 38.8 Å². The van der Waals surface area contributed by atoms with Gasteiger partial charge in [-0.25, -0.2) is 0 Å². The summed E-state index contributed by atoms with van der Waals surface area (Å²) in [6.07, 6.45) is 0. The van der Waals surface area contributed by atoms with E-state index in [1.807, 2.05) is 45.3 Å². The maximum Gasteiger partial charge on any atom is 0.0680 e. The minimum atomic E-state index is -0.00452. The first kappa shape index (κ1) is 19.1. The van der Waals surface area contributed by atoms with Gasteiger partial charge in [-0.2, -0.15) is 0 Å². The van der Waals surface area contributed by atoms with Gasteiger partial charge in [-0.15, -0.1) is 45.3 Å². The topological polar surface area (TPSA) is 6.48 Å². The maximum absolute atomic E-state index is 2.46. The first-order valence-electron chi connectivity index (χ1n) is 10.1. The van der Waals surface area contributed by atoms with E-state index in [9.17, 15) is 0 Å². The molecule has 0 amide bonds. The summed E-state index contributed by atoms with van der Waals surface area (Å²) >= 11 is 7.68. The average Bonchev–Trinajstić information content (AvgIpc) is 3.48. The SMILES string of the molecule is CN1c2ccsc2-c2sc(-c3cc4c(s3)-c3sccc3N(C)C4(C)C)cc2C1(C)C. The third kappa shape index (κ3) is 2.28. The molecule has 0 radical (unpaired) electrons. The van der Waals surface area contributed by atoms with Crippen LogP contribution in [-0.4, -0.2) is 14.1 Å². The molecule has 6 heterocycles. The van der Waals surface area contributed by atoms with Crippen molar-refractivity contribution in [3.8, 4) is 29.3 Å². The molecule has 0 aliphatic carbocycles. The van der Waals surface area contributed by atoms with Crippen LogP contribution < -0.4 is 9.80 Å². The normalized spacial score (nSPS) is 18.1. The highest BCUT2D eigenvalue weighted by molar-refractivity contribution is 7.28. The highest BCUT2D eigenvalue weighted by Gasteiger charge is 2.40. The van der Waals surface area contributed by atoms with E-state index in [2.05, 4.69) is 86.6 Å². The van der Waals surface area contributed by atoms with Crippen LogP contribution in [0.4, 0.5) is 11.4 Å². The second-order valence-electron chi connectivity index (χ2n) is 9.21. The van der Waals surface area contributed by atoms with Crippen LogP contribution in [0.5, 0.6) is 0 Å². The van der Waals surface area contributed by atoms with Crippen LogP contribution >= 0.6 is 45.3 Å². The Hall–Kier alpha value is -1.60. The molecule has 0 spiro atoms. The van der Waals surface area contributed by atoms with Gasteiger partial charge in [0.2, 0.25) is 0 Å². The Kier molecular flexibility index (Phi) is 3.82. The molecule has 0 N–H and O–H groups in total. The Morgan fingerprint density at radius 2 is 1.03 bits per heavy atom. The molecule has 0 saturated heterocycles. The summed E-state index contributed by atoms with van der Waals surface area (Å²) in [5.41, 5.74) is 5.63. The summed E-state index contributed by atoms with van der Waals surface area (Å²) in [4.78, 5) is 13.4. The van der Waals surface area contributed by atoms with Crippen LogP contribution in [0.3, 0.4) is 0 Å². The first-order chi connectivity index (χ1) is 14.2. The summed E-state index contributed by atoms with van der Waals surface area (Å²) in [6.45, 7) is 9.38. The van der Waals surface area contributed by atoms with Gasteiger partial charge < -0.3 is 9.80 Å². The monoisotopic (exact) mass is 468 g/mol. The van der Waals surface area contributed by atoms with E-state index in [0.717, 1.165) is 0 Å². The maximum atomic E-state index is 2.46. The second-order valence-corrected chi connectivity index (χ2v) is 13.1. The summed E-state index contributed by atoms with van der Waals surface area (Å²) in [5.74, 6) is 0. The fourth-order valence-electron chi connectivity index (χ4n) is 4.71. The lowest BCUT2D eigenvalue weighted by Gasteiger charge is -2.41.